The summed E-state index contributed by atoms with van der Waals surface area (Å²) in [6.45, 7) is 2.74. The Morgan fingerprint density at radius 2 is 2.29 bits per heavy atom. The molecule has 4 N–H and O–H groups in total. The fourth-order valence-corrected chi connectivity index (χ4v) is 1.98. The van der Waals surface area contributed by atoms with Gasteiger partial charge in [-0.3, -0.25) is 5.43 Å². The first-order valence-corrected chi connectivity index (χ1v) is 6.10. The monoisotopic (exact) mass is 250 g/mol. The zero-order valence-corrected chi connectivity index (χ0v) is 10.3. The third kappa shape index (κ3) is 3.11. The normalized spacial score (nSPS) is 10.2. The lowest BCUT2D eigenvalue weighted by Crippen LogP contribution is -2.13. The summed E-state index contributed by atoms with van der Waals surface area (Å²) in [7, 11) is 0. The molecule has 0 amide bonds. The molecule has 90 valence electrons. The lowest BCUT2D eigenvalue weighted by molar-refractivity contribution is 0.975. The molecule has 0 unspecified atom stereocenters. The van der Waals surface area contributed by atoms with Crippen molar-refractivity contribution in [2.75, 3.05) is 17.3 Å². The van der Waals surface area contributed by atoms with E-state index in [1.165, 1.54) is 0 Å². The van der Waals surface area contributed by atoms with Crippen molar-refractivity contribution in [3.63, 3.8) is 0 Å². The number of nitrogens with two attached hydrogens (primary N) is 1. The number of nitrogen functional groups attached to an aromatic ring is 1. The van der Waals surface area contributed by atoms with Crippen LogP contribution in [0.5, 0.6) is 0 Å². The second kappa shape index (κ2) is 5.55. The summed E-state index contributed by atoms with van der Waals surface area (Å²) in [4.78, 5) is 12.5. The highest BCUT2D eigenvalue weighted by Crippen LogP contribution is 2.12. The lowest BCUT2D eigenvalue weighted by Gasteiger charge is -2.08. The minimum absolute atomic E-state index is 0.410. The highest BCUT2D eigenvalue weighted by Gasteiger charge is 2.02. The predicted molar refractivity (Wildman–Crippen MR) is 68.9 cm³/mol. The van der Waals surface area contributed by atoms with Gasteiger partial charge < -0.3 is 5.32 Å². The molecule has 0 atom stereocenters. The molecule has 17 heavy (non-hydrogen) atoms. The molecule has 0 saturated carbocycles. The summed E-state index contributed by atoms with van der Waals surface area (Å²) < 4.78 is 0. The SMILES string of the molecule is Cc1cnc(NN)nc1NCCc1nccs1. The summed E-state index contributed by atoms with van der Waals surface area (Å²) in [6.07, 6.45) is 4.42. The van der Waals surface area contributed by atoms with Gasteiger partial charge in [-0.05, 0) is 6.92 Å². The number of aromatic nitrogens is 3. The third-order valence-corrected chi connectivity index (χ3v) is 3.05. The Morgan fingerprint density at radius 1 is 1.41 bits per heavy atom. The Hall–Kier alpha value is -1.73. The van der Waals surface area contributed by atoms with E-state index in [4.69, 9.17) is 5.84 Å². The average molecular weight is 250 g/mol. The Labute approximate surface area is 103 Å². The fraction of sp³-hybridized carbons (Fsp3) is 0.300. The molecule has 2 rings (SSSR count). The van der Waals surface area contributed by atoms with Gasteiger partial charge >= 0.3 is 0 Å². The highest BCUT2D eigenvalue weighted by molar-refractivity contribution is 7.09. The molecule has 0 saturated heterocycles. The second-order valence-corrected chi connectivity index (χ2v) is 4.45. The number of nitrogens with one attached hydrogen (secondary N) is 2. The average Bonchev–Trinajstić information content (AvgIpc) is 2.84. The van der Waals surface area contributed by atoms with Crippen LogP contribution in [0.4, 0.5) is 11.8 Å². The molecule has 0 fully saturated rings. The van der Waals surface area contributed by atoms with E-state index in [2.05, 4.69) is 25.7 Å². The smallest absolute Gasteiger partial charge is 0.239 e. The van der Waals surface area contributed by atoms with Crippen LogP contribution in [0.2, 0.25) is 0 Å². The number of hydrogen-bond acceptors (Lipinski definition) is 7. The maximum absolute atomic E-state index is 5.26. The fourth-order valence-electron chi connectivity index (χ4n) is 1.35. The van der Waals surface area contributed by atoms with Gasteiger partial charge in [-0.2, -0.15) is 4.98 Å². The largest absolute Gasteiger partial charge is 0.369 e. The van der Waals surface area contributed by atoms with Gasteiger partial charge in [-0.25, -0.2) is 15.8 Å². The van der Waals surface area contributed by atoms with Crippen molar-refractivity contribution >= 4 is 23.1 Å². The molecule has 0 aromatic carbocycles. The molecule has 0 radical (unpaired) electrons. The van der Waals surface area contributed by atoms with Crippen LogP contribution in [0.1, 0.15) is 10.6 Å². The van der Waals surface area contributed by atoms with Crippen molar-refractivity contribution < 1.29 is 0 Å². The molecule has 0 aliphatic rings. The van der Waals surface area contributed by atoms with Crippen LogP contribution >= 0.6 is 11.3 Å². The summed E-state index contributed by atoms with van der Waals surface area (Å²) in [5.41, 5.74) is 3.42. The zero-order valence-electron chi connectivity index (χ0n) is 9.47. The molecule has 2 aromatic rings. The summed E-state index contributed by atoms with van der Waals surface area (Å²) in [5.74, 6) is 6.47. The number of hydrogen-bond donors (Lipinski definition) is 3. The number of thiazole rings is 1. The van der Waals surface area contributed by atoms with Gasteiger partial charge in [0.15, 0.2) is 0 Å². The third-order valence-electron chi connectivity index (χ3n) is 2.22. The Balaban J connectivity index is 1.94. The van der Waals surface area contributed by atoms with Crippen LogP contribution in [0.25, 0.3) is 0 Å². The molecule has 2 heterocycles. The quantitative estimate of drug-likeness (QED) is 0.545. The summed E-state index contributed by atoms with van der Waals surface area (Å²) in [6, 6.07) is 0. The van der Waals surface area contributed by atoms with Gasteiger partial charge in [0.2, 0.25) is 5.95 Å². The van der Waals surface area contributed by atoms with Crippen LogP contribution in [-0.2, 0) is 6.42 Å². The van der Waals surface area contributed by atoms with Crippen molar-refractivity contribution in [1.82, 2.24) is 15.0 Å². The van der Waals surface area contributed by atoms with E-state index in [0.29, 0.717) is 5.95 Å². The first kappa shape index (κ1) is 11.7. The van der Waals surface area contributed by atoms with Crippen molar-refractivity contribution in [2.45, 2.75) is 13.3 Å². The molecule has 7 heteroatoms. The van der Waals surface area contributed by atoms with Gasteiger partial charge in [0.05, 0.1) is 5.01 Å². The Morgan fingerprint density at radius 3 is 3.00 bits per heavy atom. The van der Waals surface area contributed by atoms with Crippen LogP contribution in [0.3, 0.4) is 0 Å². The van der Waals surface area contributed by atoms with Gasteiger partial charge in [0.25, 0.3) is 0 Å². The first-order valence-electron chi connectivity index (χ1n) is 5.22. The Kier molecular flexibility index (Phi) is 3.84. The van der Waals surface area contributed by atoms with E-state index in [1.807, 2.05) is 18.5 Å². The van der Waals surface area contributed by atoms with Crippen LogP contribution in [0.15, 0.2) is 17.8 Å². The number of hydrazine groups is 1. The Bertz CT molecular complexity index is 470. The minimum Gasteiger partial charge on any atom is -0.369 e. The lowest BCUT2D eigenvalue weighted by atomic mass is 10.3. The molecular weight excluding hydrogens is 236 g/mol. The molecule has 0 spiro atoms. The van der Waals surface area contributed by atoms with Crippen LogP contribution in [0, 0.1) is 6.92 Å². The molecule has 0 aliphatic heterocycles. The van der Waals surface area contributed by atoms with Crippen molar-refractivity contribution in [3.8, 4) is 0 Å². The van der Waals surface area contributed by atoms with Gasteiger partial charge in [-0.15, -0.1) is 11.3 Å². The number of nitrogens with zero attached hydrogens (tertiary/aromatic N) is 3. The van der Waals surface area contributed by atoms with Gasteiger partial charge in [-0.1, -0.05) is 0 Å². The highest BCUT2D eigenvalue weighted by atomic mass is 32.1. The van der Waals surface area contributed by atoms with Crippen LogP contribution in [-0.4, -0.2) is 21.5 Å². The number of aryl methyl sites for hydroxylation is 1. The topological polar surface area (TPSA) is 88.8 Å². The van der Waals surface area contributed by atoms with E-state index in [-0.39, 0.29) is 0 Å². The van der Waals surface area contributed by atoms with E-state index in [9.17, 15) is 0 Å². The van der Waals surface area contributed by atoms with Crippen LogP contribution < -0.4 is 16.6 Å². The van der Waals surface area contributed by atoms with Crippen molar-refractivity contribution in [2.24, 2.45) is 5.84 Å². The molecular formula is C10H14N6S. The zero-order chi connectivity index (χ0) is 12.1. The molecule has 0 aliphatic carbocycles. The van der Waals surface area contributed by atoms with E-state index in [1.54, 1.807) is 17.5 Å². The summed E-state index contributed by atoms with van der Waals surface area (Å²) >= 11 is 1.65. The standard InChI is InChI=1S/C10H14N6S/c1-7-6-14-10(16-11)15-9(7)13-3-2-8-12-4-5-17-8/h4-6H,2-3,11H2,1H3,(H2,13,14,15,16). The van der Waals surface area contributed by atoms with E-state index in [0.717, 1.165) is 29.4 Å². The van der Waals surface area contributed by atoms with Gasteiger partial charge in [0, 0.05) is 36.3 Å². The van der Waals surface area contributed by atoms with Crippen molar-refractivity contribution in [3.05, 3.63) is 28.3 Å². The summed E-state index contributed by atoms with van der Waals surface area (Å²) in [5, 5.41) is 6.33. The van der Waals surface area contributed by atoms with E-state index < -0.39 is 0 Å². The van der Waals surface area contributed by atoms with Crippen molar-refractivity contribution in [1.29, 1.82) is 0 Å². The van der Waals surface area contributed by atoms with E-state index >= 15 is 0 Å². The minimum atomic E-state index is 0.410. The maximum atomic E-state index is 5.26. The number of anilines is 2. The second-order valence-electron chi connectivity index (χ2n) is 3.47. The van der Waals surface area contributed by atoms with Gasteiger partial charge in [0.1, 0.15) is 5.82 Å². The number of rotatable bonds is 5. The first-order chi connectivity index (χ1) is 8.29. The molecule has 6 nitrogen and oxygen atoms in total. The maximum Gasteiger partial charge on any atom is 0.239 e. The molecule has 0 bridgehead atoms. The predicted octanol–water partition coefficient (Wildman–Crippen LogP) is 1.18. The molecule has 2 aromatic heterocycles.